The second kappa shape index (κ2) is 8.10. The minimum Gasteiger partial charge on any atom is -0.373 e. The third-order valence-electron chi connectivity index (χ3n) is 3.44. The summed E-state index contributed by atoms with van der Waals surface area (Å²) in [5.41, 5.74) is 0.0371. The van der Waals surface area contributed by atoms with E-state index in [0.717, 1.165) is 13.2 Å². The summed E-state index contributed by atoms with van der Waals surface area (Å²) in [5.74, 6) is 0. The molecule has 1 rings (SSSR count). The molecule has 1 heterocycles. The van der Waals surface area contributed by atoms with Crippen LogP contribution in [-0.4, -0.2) is 24.9 Å². The van der Waals surface area contributed by atoms with Gasteiger partial charge in [-0.25, -0.2) is 0 Å². The highest BCUT2D eigenvalue weighted by atomic mass is 16.6. The number of hydrogen-bond donors (Lipinski definition) is 0. The quantitative estimate of drug-likeness (QED) is 0.397. The Kier molecular flexibility index (Phi) is 7.14. The van der Waals surface area contributed by atoms with Gasteiger partial charge in [0.15, 0.2) is 0 Å². The topological polar surface area (TPSA) is 21.8 Å². The maximum absolute atomic E-state index is 5.87. The highest BCUT2D eigenvalue weighted by molar-refractivity contribution is 4.73. The molecule has 1 aliphatic heterocycles. The van der Waals surface area contributed by atoms with Crippen LogP contribution in [0.4, 0.5) is 0 Å². The minimum absolute atomic E-state index is 0.0371. The predicted molar refractivity (Wildman–Crippen MR) is 72.4 cm³/mol. The molecule has 1 fully saturated rings. The Morgan fingerprint density at radius 1 is 1.06 bits per heavy atom. The monoisotopic (exact) mass is 242 g/mol. The zero-order valence-corrected chi connectivity index (χ0v) is 12.0. The first-order valence-electron chi connectivity index (χ1n) is 7.39. The summed E-state index contributed by atoms with van der Waals surface area (Å²) in [5, 5.41) is 0. The number of unbranched alkanes of at least 4 members (excludes halogenated alkanes) is 6. The summed E-state index contributed by atoms with van der Waals surface area (Å²) < 4.78 is 11.0. The molecule has 0 saturated carbocycles. The molecule has 0 radical (unpaired) electrons. The number of rotatable bonds is 11. The molecule has 1 aliphatic rings. The van der Waals surface area contributed by atoms with Crippen LogP contribution in [0.5, 0.6) is 0 Å². The van der Waals surface area contributed by atoms with Crippen LogP contribution >= 0.6 is 0 Å². The van der Waals surface area contributed by atoms with Crippen LogP contribution in [0.25, 0.3) is 0 Å². The van der Waals surface area contributed by atoms with Crippen molar-refractivity contribution < 1.29 is 9.47 Å². The number of hydrogen-bond acceptors (Lipinski definition) is 2. The molecule has 0 spiro atoms. The first kappa shape index (κ1) is 15.0. The van der Waals surface area contributed by atoms with Gasteiger partial charge in [-0.1, -0.05) is 51.9 Å². The van der Waals surface area contributed by atoms with Crippen molar-refractivity contribution in [2.45, 2.75) is 83.8 Å². The van der Waals surface area contributed by atoms with Crippen LogP contribution < -0.4 is 0 Å². The lowest BCUT2D eigenvalue weighted by Gasteiger charge is -2.25. The highest BCUT2D eigenvalue weighted by Crippen LogP contribution is 2.21. The largest absolute Gasteiger partial charge is 0.373 e. The molecule has 0 aromatic carbocycles. The van der Waals surface area contributed by atoms with E-state index < -0.39 is 0 Å². The van der Waals surface area contributed by atoms with Crippen LogP contribution in [-0.2, 0) is 9.47 Å². The Labute approximate surface area is 107 Å². The molecule has 102 valence electrons. The summed E-state index contributed by atoms with van der Waals surface area (Å²) in [7, 11) is 0. The molecule has 17 heavy (non-hydrogen) atoms. The lowest BCUT2D eigenvalue weighted by atomic mass is 9.99. The van der Waals surface area contributed by atoms with Crippen molar-refractivity contribution in [3.8, 4) is 0 Å². The summed E-state index contributed by atoms with van der Waals surface area (Å²) in [6.07, 6.45) is 11.2. The SMILES string of the molecule is CCCCCCCCCC(C)(C)OCC1CO1. The molecule has 0 aliphatic carbocycles. The molecule has 1 unspecified atom stereocenters. The van der Waals surface area contributed by atoms with E-state index >= 15 is 0 Å². The van der Waals surface area contributed by atoms with Gasteiger partial charge in [0.2, 0.25) is 0 Å². The highest BCUT2D eigenvalue weighted by Gasteiger charge is 2.26. The van der Waals surface area contributed by atoms with Gasteiger partial charge in [-0.05, 0) is 20.3 Å². The average molecular weight is 242 g/mol. The molecule has 2 heteroatoms. The van der Waals surface area contributed by atoms with Crippen LogP contribution in [0.1, 0.15) is 72.1 Å². The van der Waals surface area contributed by atoms with Crippen LogP contribution in [0, 0.1) is 0 Å². The van der Waals surface area contributed by atoms with Crippen LogP contribution in [0.3, 0.4) is 0 Å². The zero-order chi connectivity index (χ0) is 12.6. The van der Waals surface area contributed by atoms with E-state index in [0.29, 0.717) is 6.10 Å². The molecule has 1 atom stereocenters. The van der Waals surface area contributed by atoms with E-state index in [1.165, 1.54) is 51.4 Å². The van der Waals surface area contributed by atoms with Gasteiger partial charge in [-0.15, -0.1) is 0 Å². The summed E-state index contributed by atoms with van der Waals surface area (Å²) >= 11 is 0. The Bertz CT molecular complexity index is 185. The predicted octanol–water partition coefficient (Wildman–Crippen LogP) is 4.32. The van der Waals surface area contributed by atoms with E-state index in [1.54, 1.807) is 0 Å². The van der Waals surface area contributed by atoms with Gasteiger partial charge < -0.3 is 9.47 Å². The number of epoxide rings is 1. The second-order valence-electron chi connectivity index (χ2n) is 5.90. The van der Waals surface area contributed by atoms with E-state index in [4.69, 9.17) is 9.47 Å². The van der Waals surface area contributed by atoms with Crippen molar-refractivity contribution in [3.63, 3.8) is 0 Å². The fourth-order valence-corrected chi connectivity index (χ4v) is 2.06. The minimum atomic E-state index is 0.0371. The fraction of sp³-hybridized carbons (Fsp3) is 1.00. The van der Waals surface area contributed by atoms with E-state index in [1.807, 2.05) is 0 Å². The number of ether oxygens (including phenoxy) is 2. The molecule has 0 bridgehead atoms. The maximum Gasteiger partial charge on any atom is 0.104 e. The third-order valence-corrected chi connectivity index (χ3v) is 3.44. The molecule has 0 aromatic rings. The maximum atomic E-state index is 5.87. The van der Waals surface area contributed by atoms with Crippen molar-refractivity contribution in [2.24, 2.45) is 0 Å². The van der Waals surface area contributed by atoms with Crippen LogP contribution in [0.15, 0.2) is 0 Å². The van der Waals surface area contributed by atoms with Gasteiger partial charge in [0.1, 0.15) is 6.10 Å². The zero-order valence-electron chi connectivity index (χ0n) is 12.0. The molecule has 0 N–H and O–H groups in total. The fourth-order valence-electron chi connectivity index (χ4n) is 2.06. The summed E-state index contributed by atoms with van der Waals surface area (Å²) in [6, 6.07) is 0. The molecule has 1 saturated heterocycles. The summed E-state index contributed by atoms with van der Waals surface area (Å²) in [6.45, 7) is 8.35. The van der Waals surface area contributed by atoms with Crippen molar-refractivity contribution in [1.82, 2.24) is 0 Å². The van der Waals surface area contributed by atoms with Crippen molar-refractivity contribution in [2.75, 3.05) is 13.2 Å². The lowest BCUT2D eigenvalue weighted by molar-refractivity contribution is -0.0314. The lowest BCUT2D eigenvalue weighted by Crippen LogP contribution is -2.26. The Hall–Kier alpha value is -0.0800. The normalized spacial score (nSPS) is 19.6. The van der Waals surface area contributed by atoms with Gasteiger partial charge >= 0.3 is 0 Å². The smallest absolute Gasteiger partial charge is 0.104 e. The van der Waals surface area contributed by atoms with Crippen molar-refractivity contribution in [1.29, 1.82) is 0 Å². The third kappa shape index (κ3) is 8.62. The first-order valence-corrected chi connectivity index (χ1v) is 7.39. The van der Waals surface area contributed by atoms with Crippen LogP contribution in [0.2, 0.25) is 0 Å². The van der Waals surface area contributed by atoms with Gasteiger partial charge in [-0.3, -0.25) is 0 Å². The standard InChI is InChI=1S/C15H30O2/c1-4-5-6-7-8-9-10-11-15(2,3)17-13-14-12-16-14/h14H,4-13H2,1-3H3. The molecule has 0 amide bonds. The van der Waals surface area contributed by atoms with Crippen molar-refractivity contribution >= 4 is 0 Å². The second-order valence-corrected chi connectivity index (χ2v) is 5.90. The molecule has 2 nitrogen and oxygen atoms in total. The van der Waals surface area contributed by atoms with Gasteiger partial charge in [0.25, 0.3) is 0 Å². The van der Waals surface area contributed by atoms with E-state index in [-0.39, 0.29) is 5.60 Å². The van der Waals surface area contributed by atoms with Crippen molar-refractivity contribution in [3.05, 3.63) is 0 Å². The molecular weight excluding hydrogens is 212 g/mol. The Morgan fingerprint density at radius 3 is 2.24 bits per heavy atom. The average Bonchev–Trinajstić information content (AvgIpc) is 3.09. The van der Waals surface area contributed by atoms with Gasteiger partial charge in [0.05, 0.1) is 18.8 Å². The first-order chi connectivity index (χ1) is 8.14. The Balaban J connectivity index is 1.88. The summed E-state index contributed by atoms with van der Waals surface area (Å²) in [4.78, 5) is 0. The van der Waals surface area contributed by atoms with Gasteiger partial charge in [-0.2, -0.15) is 0 Å². The Morgan fingerprint density at radius 2 is 1.65 bits per heavy atom. The van der Waals surface area contributed by atoms with E-state index in [9.17, 15) is 0 Å². The van der Waals surface area contributed by atoms with E-state index in [2.05, 4.69) is 20.8 Å². The van der Waals surface area contributed by atoms with Gasteiger partial charge in [0, 0.05) is 0 Å². The molecule has 0 aromatic heterocycles. The molecular formula is C15H30O2.